The average Bonchev–Trinajstić information content (AvgIpc) is 2.91. The Balaban J connectivity index is 1.40. The van der Waals surface area contributed by atoms with Crippen LogP contribution in [0.2, 0.25) is 0 Å². The van der Waals surface area contributed by atoms with E-state index in [1.807, 2.05) is 18.2 Å². The molecular weight excluding hydrogens is 476 g/mol. The molecule has 0 atom stereocenters. The van der Waals surface area contributed by atoms with Gasteiger partial charge in [-0.25, -0.2) is 0 Å². The number of aromatic hydroxyl groups is 3. The molecule has 1 fully saturated rings. The van der Waals surface area contributed by atoms with Gasteiger partial charge in [-0.3, -0.25) is 9.69 Å². The van der Waals surface area contributed by atoms with Crippen molar-refractivity contribution in [2.45, 2.75) is 6.54 Å². The van der Waals surface area contributed by atoms with Crippen molar-refractivity contribution in [3.63, 3.8) is 0 Å². The summed E-state index contributed by atoms with van der Waals surface area (Å²) in [6, 6.07) is 13.1. The highest BCUT2D eigenvalue weighted by Gasteiger charge is 2.24. The second-order valence-corrected chi connectivity index (χ2v) is 8.92. The zero-order valence-corrected chi connectivity index (χ0v) is 20.6. The van der Waals surface area contributed by atoms with Crippen molar-refractivity contribution in [2.75, 3.05) is 45.3 Å². The molecule has 9 nitrogen and oxygen atoms in total. The van der Waals surface area contributed by atoms with Crippen LogP contribution in [0, 0.1) is 0 Å². The van der Waals surface area contributed by atoms with Crippen LogP contribution < -0.4 is 19.8 Å². The van der Waals surface area contributed by atoms with E-state index >= 15 is 0 Å². The van der Waals surface area contributed by atoms with E-state index in [1.54, 1.807) is 26.4 Å². The molecule has 3 aromatic carbocycles. The Morgan fingerprint density at radius 1 is 0.892 bits per heavy atom. The van der Waals surface area contributed by atoms with Crippen molar-refractivity contribution in [3.05, 3.63) is 70.6 Å². The molecule has 0 spiro atoms. The lowest BCUT2D eigenvalue weighted by Crippen LogP contribution is -2.46. The summed E-state index contributed by atoms with van der Waals surface area (Å²) in [4.78, 5) is 17.7. The highest BCUT2D eigenvalue weighted by molar-refractivity contribution is 5.90. The largest absolute Gasteiger partial charge is 0.508 e. The van der Waals surface area contributed by atoms with E-state index in [0.717, 1.165) is 30.3 Å². The Morgan fingerprint density at radius 2 is 1.62 bits per heavy atom. The number of methoxy groups -OCH3 is 2. The number of hydrogen-bond acceptors (Lipinski definition) is 9. The summed E-state index contributed by atoms with van der Waals surface area (Å²) in [5, 5.41) is 30.8. The lowest BCUT2D eigenvalue weighted by molar-refractivity contribution is 0.246. The lowest BCUT2D eigenvalue weighted by Gasteiger charge is -2.36. The van der Waals surface area contributed by atoms with Crippen LogP contribution in [0.25, 0.3) is 22.1 Å². The fraction of sp³-hybridized carbons (Fsp3) is 0.250. The third-order valence-corrected chi connectivity index (χ3v) is 6.77. The molecular formula is C28H28N2O7. The van der Waals surface area contributed by atoms with Crippen molar-refractivity contribution in [1.29, 1.82) is 0 Å². The molecule has 0 radical (unpaired) electrons. The van der Waals surface area contributed by atoms with Gasteiger partial charge in [-0.1, -0.05) is 12.1 Å². The Kier molecular flexibility index (Phi) is 6.54. The molecule has 0 aliphatic carbocycles. The molecule has 0 saturated carbocycles. The van der Waals surface area contributed by atoms with Gasteiger partial charge >= 0.3 is 0 Å². The lowest BCUT2D eigenvalue weighted by atomic mass is 10.0. The predicted octanol–water partition coefficient (Wildman–Crippen LogP) is 3.92. The minimum absolute atomic E-state index is 0.0139. The fourth-order valence-electron chi connectivity index (χ4n) is 4.74. The normalized spacial score (nSPS) is 14.2. The number of hydrogen-bond donors (Lipinski definition) is 3. The van der Waals surface area contributed by atoms with Gasteiger partial charge in [-0.15, -0.1) is 0 Å². The molecule has 5 rings (SSSR count). The van der Waals surface area contributed by atoms with E-state index in [4.69, 9.17) is 13.9 Å². The highest BCUT2D eigenvalue weighted by Crippen LogP contribution is 2.36. The average molecular weight is 505 g/mol. The Labute approximate surface area is 213 Å². The molecule has 4 aromatic rings. The van der Waals surface area contributed by atoms with Gasteiger partial charge < -0.3 is 34.1 Å². The monoisotopic (exact) mass is 504 g/mol. The molecule has 192 valence electrons. The minimum atomic E-state index is -0.415. The smallest absolute Gasteiger partial charge is 0.204 e. The molecule has 0 amide bonds. The molecule has 1 saturated heterocycles. The number of nitrogens with zero attached hydrogens (tertiary/aromatic N) is 2. The first-order valence-corrected chi connectivity index (χ1v) is 11.9. The molecule has 37 heavy (non-hydrogen) atoms. The molecule has 1 aliphatic heterocycles. The molecule has 0 bridgehead atoms. The van der Waals surface area contributed by atoms with Crippen LogP contribution in [-0.4, -0.2) is 60.6 Å². The van der Waals surface area contributed by atoms with Crippen molar-refractivity contribution in [2.24, 2.45) is 0 Å². The first-order valence-electron chi connectivity index (χ1n) is 11.9. The number of piperazine rings is 1. The Hall–Kier alpha value is -4.37. The number of phenols is 3. The van der Waals surface area contributed by atoms with Gasteiger partial charge in [0.25, 0.3) is 0 Å². The first-order chi connectivity index (χ1) is 17.9. The molecule has 0 unspecified atom stereocenters. The Morgan fingerprint density at radius 3 is 2.30 bits per heavy atom. The van der Waals surface area contributed by atoms with Crippen LogP contribution in [0.5, 0.6) is 28.7 Å². The van der Waals surface area contributed by atoms with Gasteiger partial charge in [0, 0.05) is 44.9 Å². The number of benzene rings is 3. The topological polar surface area (TPSA) is 116 Å². The second-order valence-electron chi connectivity index (χ2n) is 8.92. The summed E-state index contributed by atoms with van der Waals surface area (Å²) >= 11 is 0. The summed E-state index contributed by atoms with van der Waals surface area (Å²) in [6.07, 6.45) is 1.33. The summed E-state index contributed by atoms with van der Waals surface area (Å²) in [5.41, 5.74) is 1.96. The second kappa shape index (κ2) is 9.94. The van der Waals surface area contributed by atoms with E-state index in [-0.39, 0.29) is 33.8 Å². The van der Waals surface area contributed by atoms with Gasteiger partial charge in [0.2, 0.25) is 5.43 Å². The molecule has 2 heterocycles. The zero-order valence-electron chi connectivity index (χ0n) is 20.6. The molecule has 1 aromatic heterocycles. The molecule has 3 N–H and O–H groups in total. The van der Waals surface area contributed by atoms with Crippen LogP contribution in [0.1, 0.15) is 5.56 Å². The van der Waals surface area contributed by atoms with Crippen molar-refractivity contribution in [1.82, 2.24) is 4.90 Å². The maximum atomic E-state index is 13.3. The maximum Gasteiger partial charge on any atom is 0.204 e. The van der Waals surface area contributed by atoms with Gasteiger partial charge in [-0.2, -0.15) is 0 Å². The number of anilines is 1. The van der Waals surface area contributed by atoms with Crippen LogP contribution in [0.4, 0.5) is 5.69 Å². The Bertz CT molecular complexity index is 1490. The van der Waals surface area contributed by atoms with Crippen LogP contribution in [0.3, 0.4) is 0 Å². The van der Waals surface area contributed by atoms with E-state index < -0.39 is 5.43 Å². The third kappa shape index (κ3) is 4.61. The van der Waals surface area contributed by atoms with E-state index in [2.05, 4.69) is 9.80 Å². The molecule has 1 aliphatic rings. The first kappa shape index (κ1) is 24.3. The quantitative estimate of drug-likeness (QED) is 0.359. The van der Waals surface area contributed by atoms with Crippen LogP contribution in [-0.2, 0) is 6.54 Å². The molecule has 9 heteroatoms. The zero-order chi connectivity index (χ0) is 26.1. The summed E-state index contributed by atoms with van der Waals surface area (Å²) < 4.78 is 16.7. The standard InChI is InChI=1S/C28H28N2O7/c1-35-19-7-8-22(25(13-19)36-2)30-11-9-29(10-12-30)15-20-23(32)14-24(33)26-27(34)21(16-37-28(20)26)17-3-5-18(31)6-4-17/h3-8,13-14,16,31-33H,9-12,15H2,1-2H3. The van der Waals surface area contributed by atoms with Crippen LogP contribution >= 0.6 is 0 Å². The highest BCUT2D eigenvalue weighted by atomic mass is 16.5. The van der Waals surface area contributed by atoms with E-state index in [1.165, 1.54) is 24.5 Å². The van der Waals surface area contributed by atoms with E-state index in [0.29, 0.717) is 30.8 Å². The number of rotatable bonds is 6. The number of fused-ring (bicyclic) bond motifs is 1. The fourth-order valence-corrected chi connectivity index (χ4v) is 4.74. The third-order valence-electron chi connectivity index (χ3n) is 6.77. The van der Waals surface area contributed by atoms with Gasteiger partial charge in [0.1, 0.15) is 46.0 Å². The summed E-state index contributed by atoms with van der Waals surface area (Å²) in [5.74, 6) is 1.06. The maximum absolute atomic E-state index is 13.3. The number of phenolic OH excluding ortho intramolecular Hbond substituents is 3. The van der Waals surface area contributed by atoms with Crippen LogP contribution in [0.15, 0.2) is 64.0 Å². The van der Waals surface area contributed by atoms with Gasteiger partial charge in [0.15, 0.2) is 0 Å². The summed E-state index contributed by atoms with van der Waals surface area (Å²) in [7, 11) is 3.25. The number of ether oxygens (including phenoxy) is 2. The minimum Gasteiger partial charge on any atom is -0.508 e. The van der Waals surface area contributed by atoms with Crippen molar-refractivity contribution < 1.29 is 29.2 Å². The van der Waals surface area contributed by atoms with Gasteiger partial charge in [-0.05, 0) is 29.8 Å². The van der Waals surface area contributed by atoms with E-state index in [9.17, 15) is 20.1 Å². The van der Waals surface area contributed by atoms with Crippen molar-refractivity contribution >= 4 is 16.7 Å². The SMILES string of the molecule is COc1ccc(N2CCN(Cc3c(O)cc(O)c4c(=O)c(-c5ccc(O)cc5)coc34)CC2)c(OC)c1. The van der Waals surface area contributed by atoms with Gasteiger partial charge in [0.05, 0.1) is 31.0 Å². The summed E-state index contributed by atoms with van der Waals surface area (Å²) in [6.45, 7) is 3.21. The predicted molar refractivity (Wildman–Crippen MR) is 140 cm³/mol. The van der Waals surface area contributed by atoms with Crippen molar-refractivity contribution in [3.8, 4) is 39.9 Å².